The van der Waals surface area contributed by atoms with E-state index in [-0.39, 0.29) is 0 Å². The lowest BCUT2D eigenvalue weighted by Crippen LogP contribution is -2.17. The molecule has 0 saturated carbocycles. The molecule has 0 aliphatic rings. The van der Waals surface area contributed by atoms with Gasteiger partial charge in [-0.1, -0.05) is 35.9 Å². The van der Waals surface area contributed by atoms with Crippen molar-refractivity contribution in [2.45, 2.75) is 26.8 Å². The number of nitrogens with one attached hydrogen (secondary N) is 2. The lowest BCUT2D eigenvalue weighted by atomic mass is 10.0. The fourth-order valence-electron chi connectivity index (χ4n) is 2.37. The highest BCUT2D eigenvalue weighted by Crippen LogP contribution is 2.11. The minimum atomic E-state index is 0.925. The van der Waals surface area contributed by atoms with E-state index < -0.39 is 0 Å². The molecule has 0 atom stereocenters. The second kappa shape index (κ2) is 7.11. The predicted octanol–water partition coefficient (Wildman–Crippen LogP) is 3.68. The molecule has 0 heterocycles. The van der Waals surface area contributed by atoms with Crippen LogP contribution in [0.1, 0.15) is 22.3 Å². The van der Waals surface area contributed by atoms with E-state index in [0.717, 1.165) is 25.2 Å². The van der Waals surface area contributed by atoms with Crippen molar-refractivity contribution in [1.82, 2.24) is 5.32 Å². The van der Waals surface area contributed by atoms with Crippen LogP contribution in [0.25, 0.3) is 0 Å². The lowest BCUT2D eigenvalue weighted by Gasteiger charge is -2.09. The first kappa shape index (κ1) is 14.6. The number of rotatable bonds is 6. The lowest BCUT2D eigenvalue weighted by molar-refractivity contribution is 0.685. The Morgan fingerprint density at radius 1 is 0.950 bits per heavy atom. The van der Waals surface area contributed by atoms with Crippen molar-refractivity contribution in [3.05, 3.63) is 64.7 Å². The van der Waals surface area contributed by atoms with Gasteiger partial charge in [-0.05, 0) is 55.6 Å². The quantitative estimate of drug-likeness (QED) is 0.781. The third-order valence-corrected chi connectivity index (χ3v) is 3.64. The molecule has 2 rings (SSSR count). The molecule has 0 radical (unpaired) electrons. The topological polar surface area (TPSA) is 24.1 Å². The van der Waals surface area contributed by atoms with Gasteiger partial charge < -0.3 is 10.6 Å². The van der Waals surface area contributed by atoms with E-state index in [0.29, 0.717) is 0 Å². The average molecular weight is 268 g/mol. The van der Waals surface area contributed by atoms with Gasteiger partial charge in [0.25, 0.3) is 0 Å². The zero-order valence-electron chi connectivity index (χ0n) is 12.7. The van der Waals surface area contributed by atoms with Crippen LogP contribution in [0, 0.1) is 13.8 Å². The molecule has 20 heavy (non-hydrogen) atoms. The van der Waals surface area contributed by atoms with Gasteiger partial charge in [0.15, 0.2) is 0 Å². The molecule has 0 spiro atoms. The van der Waals surface area contributed by atoms with Crippen LogP contribution in [-0.4, -0.2) is 13.6 Å². The summed E-state index contributed by atoms with van der Waals surface area (Å²) in [6.07, 6.45) is 1.08. The zero-order chi connectivity index (χ0) is 14.4. The van der Waals surface area contributed by atoms with E-state index in [1.54, 1.807) is 0 Å². The van der Waals surface area contributed by atoms with Crippen molar-refractivity contribution in [2.24, 2.45) is 0 Å². The van der Waals surface area contributed by atoms with E-state index in [1.807, 2.05) is 7.05 Å². The summed E-state index contributed by atoms with van der Waals surface area (Å²) < 4.78 is 0. The molecule has 0 saturated heterocycles. The van der Waals surface area contributed by atoms with Crippen LogP contribution < -0.4 is 10.6 Å². The second-order valence-corrected chi connectivity index (χ2v) is 5.30. The maximum Gasteiger partial charge on any atom is 0.0337 e. The monoisotopic (exact) mass is 268 g/mol. The van der Waals surface area contributed by atoms with Crippen LogP contribution in [-0.2, 0) is 13.0 Å². The number of aryl methyl sites for hydroxylation is 2. The summed E-state index contributed by atoms with van der Waals surface area (Å²) >= 11 is 0. The van der Waals surface area contributed by atoms with Crippen molar-refractivity contribution >= 4 is 5.69 Å². The first-order valence-electron chi connectivity index (χ1n) is 7.22. The van der Waals surface area contributed by atoms with E-state index in [1.165, 1.54) is 22.3 Å². The fourth-order valence-corrected chi connectivity index (χ4v) is 2.37. The molecule has 0 aromatic heterocycles. The Hall–Kier alpha value is -1.80. The van der Waals surface area contributed by atoms with Crippen molar-refractivity contribution in [2.75, 3.05) is 18.9 Å². The maximum atomic E-state index is 3.51. The Morgan fingerprint density at radius 2 is 1.70 bits per heavy atom. The minimum absolute atomic E-state index is 0.925. The molecule has 2 N–H and O–H groups in total. The van der Waals surface area contributed by atoms with Crippen LogP contribution in [0.3, 0.4) is 0 Å². The van der Waals surface area contributed by atoms with Gasteiger partial charge in [-0.25, -0.2) is 0 Å². The Bertz CT molecular complexity index is 544. The Labute approximate surface area is 122 Å². The highest BCUT2D eigenvalue weighted by atomic mass is 14.8. The number of hydrogen-bond acceptors (Lipinski definition) is 2. The molecule has 0 aliphatic carbocycles. The molecule has 2 heteroatoms. The summed E-state index contributed by atoms with van der Waals surface area (Å²) in [7, 11) is 1.94. The molecule has 0 aliphatic heterocycles. The van der Waals surface area contributed by atoms with Gasteiger partial charge in [-0.15, -0.1) is 0 Å². The van der Waals surface area contributed by atoms with Crippen LogP contribution in [0.2, 0.25) is 0 Å². The van der Waals surface area contributed by atoms with E-state index in [2.05, 4.69) is 66.9 Å². The van der Waals surface area contributed by atoms with Gasteiger partial charge in [0.05, 0.1) is 0 Å². The van der Waals surface area contributed by atoms with Gasteiger partial charge in [0.2, 0.25) is 0 Å². The smallest absolute Gasteiger partial charge is 0.0337 e. The van der Waals surface area contributed by atoms with Gasteiger partial charge in [-0.2, -0.15) is 0 Å². The highest BCUT2D eigenvalue weighted by Gasteiger charge is 1.99. The number of anilines is 1. The Kier molecular flexibility index (Phi) is 5.19. The van der Waals surface area contributed by atoms with Crippen molar-refractivity contribution in [3.63, 3.8) is 0 Å². The Morgan fingerprint density at radius 3 is 2.35 bits per heavy atom. The third kappa shape index (κ3) is 4.10. The molecular formula is C18H24N2. The summed E-state index contributed by atoms with van der Waals surface area (Å²) in [4.78, 5) is 0. The van der Waals surface area contributed by atoms with Gasteiger partial charge in [0, 0.05) is 19.3 Å². The van der Waals surface area contributed by atoms with Crippen molar-refractivity contribution in [3.8, 4) is 0 Å². The minimum Gasteiger partial charge on any atom is -0.388 e. The molecule has 2 nitrogen and oxygen atoms in total. The fraction of sp³-hybridized carbons (Fsp3) is 0.333. The second-order valence-electron chi connectivity index (χ2n) is 5.30. The molecule has 2 aromatic rings. The van der Waals surface area contributed by atoms with Gasteiger partial charge >= 0.3 is 0 Å². The number of hydrogen-bond donors (Lipinski definition) is 2. The molecule has 2 aromatic carbocycles. The van der Waals surface area contributed by atoms with Crippen LogP contribution in [0.5, 0.6) is 0 Å². The third-order valence-electron chi connectivity index (χ3n) is 3.64. The molecule has 106 valence electrons. The molecule has 0 unspecified atom stereocenters. The molecule has 0 amide bonds. The predicted molar refractivity (Wildman–Crippen MR) is 87.3 cm³/mol. The van der Waals surface area contributed by atoms with Crippen LogP contribution >= 0.6 is 0 Å². The van der Waals surface area contributed by atoms with Crippen LogP contribution in [0.4, 0.5) is 5.69 Å². The summed E-state index contributed by atoms with van der Waals surface area (Å²) in [6, 6.07) is 15.2. The average Bonchev–Trinajstić information content (AvgIpc) is 2.46. The maximum absolute atomic E-state index is 3.51. The van der Waals surface area contributed by atoms with Crippen molar-refractivity contribution < 1.29 is 0 Å². The summed E-state index contributed by atoms with van der Waals surface area (Å²) in [6.45, 7) is 6.27. The molecule has 0 fully saturated rings. The van der Waals surface area contributed by atoms with Crippen molar-refractivity contribution in [1.29, 1.82) is 0 Å². The summed E-state index contributed by atoms with van der Waals surface area (Å²) in [5.74, 6) is 0. The summed E-state index contributed by atoms with van der Waals surface area (Å²) in [5, 5.41) is 6.64. The van der Waals surface area contributed by atoms with Crippen LogP contribution in [0.15, 0.2) is 42.5 Å². The SMILES string of the molecule is CNc1ccc(CNCCc2ccc(C)cc2C)cc1. The highest BCUT2D eigenvalue weighted by molar-refractivity contribution is 5.43. The molecule has 0 bridgehead atoms. The Balaban J connectivity index is 1.78. The van der Waals surface area contributed by atoms with Gasteiger partial charge in [-0.3, -0.25) is 0 Å². The van der Waals surface area contributed by atoms with Gasteiger partial charge in [0.1, 0.15) is 0 Å². The summed E-state index contributed by atoms with van der Waals surface area (Å²) in [5.41, 5.74) is 6.65. The zero-order valence-corrected chi connectivity index (χ0v) is 12.7. The first-order valence-corrected chi connectivity index (χ1v) is 7.22. The standard InChI is InChI=1S/C18H24N2/c1-14-4-7-17(15(2)12-14)10-11-20-13-16-5-8-18(19-3)9-6-16/h4-9,12,19-20H,10-11,13H2,1-3H3. The first-order chi connectivity index (χ1) is 9.69. The number of benzene rings is 2. The van der Waals surface area contributed by atoms with E-state index in [4.69, 9.17) is 0 Å². The van der Waals surface area contributed by atoms with E-state index >= 15 is 0 Å². The molecular weight excluding hydrogens is 244 g/mol. The van der Waals surface area contributed by atoms with E-state index in [9.17, 15) is 0 Å². The largest absolute Gasteiger partial charge is 0.388 e. The normalized spacial score (nSPS) is 10.6.